The van der Waals surface area contributed by atoms with Crippen LogP contribution in [-0.2, 0) is 4.79 Å². The fourth-order valence-corrected chi connectivity index (χ4v) is 2.28. The topological polar surface area (TPSA) is 99.3 Å². The predicted molar refractivity (Wildman–Crippen MR) is 72.2 cm³/mol. The standard InChI is InChI=1S/C13H14N4O3/c1-13(2)12(18)15-5-6-16(13)10-4-3-9(8-14)11(7-10)17(19)20/h3-4,7H,5-6H2,1-2H3,(H,15,18). The first-order valence-corrected chi connectivity index (χ1v) is 6.12. The molecule has 0 aromatic heterocycles. The Balaban J connectivity index is 2.48. The molecule has 0 bridgehead atoms. The first-order valence-electron chi connectivity index (χ1n) is 6.12. The number of carbonyl (C=O) groups excluding carboxylic acids is 1. The second-order valence-corrected chi connectivity index (χ2v) is 5.04. The van der Waals surface area contributed by atoms with Gasteiger partial charge in [0.2, 0.25) is 5.91 Å². The molecule has 1 aliphatic rings. The zero-order valence-electron chi connectivity index (χ0n) is 11.2. The van der Waals surface area contributed by atoms with Gasteiger partial charge in [0.1, 0.15) is 17.2 Å². The van der Waals surface area contributed by atoms with Gasteiger partial charge in [0.15, 0.2) is 0 Å². The smallest absolute Gasteiger partial charge is 0.289 e. The van der Waals surface area contributed by atoms with E-state index in [-0.39, 0.29) is 17.2 Å². The van der Waals surface area contributed by atoms with Gasteiger partial charge in [-0.1, -0.05) is 0 Å². The lowest BCUT2D eigenvalue weighted by atomic mass is 9.97. The van der Waals surface area contributed by atoms with Gasteiger partial charge >= 0.3 is 0 Å². The molecule has 1 aliphatic heterocycles. The van der Waals surface area contributed by atoms with E-state index >= 15 is 0 Å². The number of nitrogens with zero attached hydrogens (tertiary/aromatic N) is 3. The van der Waals surface area contributed by atoms with Crippen molar-refractivity contribution in [2.45, 2.75) is 19.4 Å². The van der Waals surface area contributed by atoms with Crippen molar-refractivity contribution in [1.29, 1.82) is 5.26 Å². The van der Waals surface area contributed by atoms with Crippen molar-refractivity contribution in [1.82, 2.24) is 5.32 Å². The van der Waals surface area contributed by atoms with Crippen LogP contribution in [0.4, 0.5) is 11.4 Å². The third-order valence-corrected chi connectivity index (χ3v) is 3.46. The van der Waals surface area contributed by atoms with Crippen LogP contribution in [0.25, 0.3) is 0 Å². The molecule has 1 aromatic carbocycles. The number of carbonyl (C=O) groups is 1. The lowest BCUT2D eigenvalue weighted by Crippen LogP contribution is -2.62. The summed E-state index contributed by atoms with van der Waals surface area (Å²) >= 11 is 0. The van der Waals surface area contributed by atoms with Gasteiger partial charge in [-0.2, -0.15) is 5.26 Å². The maximum Gasteiger partial charge on any atom is 0.289 e. The second-order valence-electron chi connectivity index (χ2n) is 5.04. The van der Waals surface area contributed by atoms with E-state index in [0.717, 1.165) is 0 Å². The van der Waals surface area contributed by atoms with Crippen LogP contribution in [0.3, 0.4) is 0 Å². The summed E-state index contributed by atoms with van der Waals surface area (Å²) < 4.78 is 0. The monoisotopic (exact) mass is 274 g/mol. The normalized spacial score (nSPS) is 17.2. The summed E-state index contributed by atoms with van der Waals surface area (Å²) in [4.78, 5) is 24.1. The van der Waals surface area contributed by atoms with Gasteiger partial charge in [-0.25, -0.2) is 0 Å². The number of nitro groups is 1. The lowest BCUT2D eigenvalue weighted by molar-refractivity contribution is -0.385. The first kappa shape index (κ1) is 13.8. The van der Waals surface area contributed by atoms with Crippen LogP contribution < -0.4 is 10.2 Å². The van der Waals surface area contributed by atoms with Crippen LogP contribution in [0.2, 0.25) is 0 Å². The fraction of sp³-hybridized carbons (Fsp3) is 0.385. The molecule has 0 atom stereocenters. The van der Waals surface area contributed by atoms with Crippen LogP contribution in [0.5, 0.6) is 0 Å². The van der Waals surface area contributed by atoms with Gasteiger partial charge in [0.05, 0.1) is 4.92 Å². The number of hydrogen-bond donors (Lipinski definition) is 1. The number of benzene rings is 1. The third-order valence-electron chi connectivity index (χ3n) is 3.46. The van der Waals surface area contributed by atoms with Crippen molar-refractivity contribution in [2.24, 2.45) is 0 Å². The van der Waals surface area contributed by atoms with E-state index < -0.39 is 10.5 Å². The van der Waals surface area contributed by atoms with E-state index in [2.05, 4.69) is 5.32 Å². The summed E-state index contributed by atoms with van der Waals surface area (Å²) in [6.45, 7) is 4.55. The molecule has 1 heterocycles. The predicted octanol–water partition coefficient (Wildman–Crippen LogP) is 1.18. The van der Waals surface area contributed by atoms with E-state index in [1.54, 1.807) is 30.9 Å². The van der Waals surface area contributed by atoms with E-state index in [1.165, 1.54) is 12.1 Å². The van der Waals surface area contributed by atoms with Crippen molar-refractivity contribution in [2.75, 3.05) is 18.0 Å². The Labute approximate surface area is 115 Å². The maximum absolute atomic E-state index is 11.9. The lowest BCUT2D eigenvalue weighted by Gasteiger charge is -2.42. The van der Waals surface area contributed by atoms with E-state index in [0.29, 0.717) is 18.8 Å². The SMILES string of the molecule is CC1(C)C(=O)NCCN1c1ccc(C#N)c([N+](=O)[O-])c1. The molecule has 104 valence electrons. The molecule has 7 heteroatoms. The van der Waals surface area contributed by atoms with Crippen molar-refractivity contribution in [3.05, 3.63) is 33.9 Å². The van der Waals surface area contributed by atoms with Crippen LogP contribution in [-0.4, -0.2) is 29.5 Å². The molecule has 1 amide bonds. The Kier molecular flexibility index (Phi) is 3.32. The van der Waals surface area contributed by atoms with Gasteiger partial charge in [0.25, 0.3) is 5.69 Å². The van der Waals surface area contributed by atoms with Crippen LogP contribution in [0.1, 0.15) is 19.4 Å². The summed E-state index contributed by atoms with van der Waals surface area (Å²) in [5.41, 5.74) is -0.458. The number of nitrogens with one attached hydrogen (secondary N) is 1. The highest BCUT2D eigenvalue weighted by atomic mass is 16.6. The van der Waals surface area contributed by atoms with Crippen molar-refractivity contribution in [3.8, 4) is 6.07 Å². The molecule has 0 aliphatic carbocycles. The minimum atomic E-state index is -0.791. The summed E-state index contributed by atoms with van der Waals surface area (Å²) in [5, 5.41) is 22.6. The first-order chi connectivity index (χ1) is 9.37. The van der Waals surface area contributed by atoms with Crippen LogP contribution in [0.15, 0.2) is 18.2 Å². The van der Waals surface area contributed by atoms with E-state index in [1.807, 2.05) is 0 Å². The largest absolute Gasteiger partial charge is 0.356 e. The van der Waals surface area contributed by atoms with Gasteiger partial charge < -0.3 is 10.2 Å². The maximum atomic E-state index is 11.9. The summed E-state index contributed by atoms with van der Waals surface area (Å²) in [7, 11) is 0. The van der Waals surface area contributed by atoms with Gasteiger partial charge in [0, 0.05) is 24.8 Å². The zero-order valence-corrected chi connectivity index (χ0v) is 11.2. The van der Waals surface area contributed by atoms with Gasteiger partial charge in [-0.3, -0.25) is 14.9 Å². The summed E-state index contributed by atoms with van der Waals surface area (Å²) in [5.74, 6) is -0.129. The number of piperazine rings is 1. The molecule has 1 aromatic rings. The Morgan fingerprint density at radius 1 is 1.50 bits per heavy atom. The van der Waals surface area contributed by atoms with E-state index in [9.17, 15) is 14.9 Å². The highest BCUT2D eigenvalue weighted by Gasteiger charge is 2.38. The Bertz CT molecular complexity index is 619. The van der Waals surface area contributed by atoms with Crippen molar-refractivity contribution in [3.63, 3.8) is 0 Å². The molecule has 1 fully saturated rings. The molecule has 1 saturated heterocycles. The number of amides is 1. The molecule has 0 radical (unpaired) electrons. The van der Waals surface area contributed by atoms with Crippen molar-refractivity contribution < 1.29 is 9.72 Å². The van der Waals surface area contributed by atoms with Crippen LogP contribution >= 0.6 is 0 Å². The number of anilines is 1. The van der Waals surface area contributed by atoms with Crippen LogP contribution in [0, 0.1) is 21.4 Å². The molecule has 20 heavy (non-hydrogen) atoms. The minimum absolute atomic E-state index is 0.0121. The summed E-state index contributed by atoms with van der Waals surface area (Å²) in [6.07, 6.45) is 0. The fourth-order valence-electron chi connectivity index (χ4n) is 2.28. The number of hydrogen-bond acceptors (Lipinski definition) is 5. The average molecular weight is 274 g/mol. The Hall–Kier alpha value is -2.62. The zero-order chi connectivity index (χ0) is 14.9. The molecular formula is C13H14N4O3. The summed E-state index contributed by atoms with van der Waals surface area (Å²) in [6, 6.07) is 6.19. The quantitative estimate of drug-likeness (QED) is 0.645. The highest BCUT2D eigenvalue weighted by molar-refractivity contribution is 5.90. The van der Waals surface area contributed by atoms with Gasteiger partial charge in [-0.15, -0.1) is 0 Å². The second kappa shape index (κ2) is 4.81. The molecule has 0 saturated carbocycles. The number of rotatable bonds is 2. The Morgan fingerprint density at radius 3 is 2.80 bits per heavy atom. The van der Waals surface area contributed by atoms with E-state index in [4.69, 9.17) is 5.26 Å². The highest BCUT2D eigenvalue weighted by Crippen LogP contribution is 2.30. The number of nitriles is 1. The molecule has 7 nitrogen and oxygen atoms in total. The molecule has 2 rings (SSSR count). The van der Waals surface area contributed by atoms with Crippen molar-refractivity contribution >= 4 is 17.3 Å². The number of nitro benzene ring substituents is 1. The Morgan fingerprint density at radius 2 is 2.20 bits per heavy atom. The third kappa shape index (κ3) is 2.16. The average Bonchev–Trinajstić information content (AvgIpc) is 2.41. The molecule has 1 N–H and O–H groups in total. The molecule has 0 spiro atoms. The van der Waals surface area contributed by atoms with Gasteiger partial charge in [-0.05, 0) is 26.0 Å². The molecule has 0 unspecified atom stereocenters. The minimum Gasteiger partial charge on any atom is -0.356 e. The molecular weight excluding hydrogens is 260 g/mol.